The number of nitrogens with one attached hydrogen (secondary N) is 3. The molecule has 0 radical (unpaired) electrons. The van der Waals surface area contributed by atoms with Crippen molar-refractivity contribution in [3.8, 4) is 0 Å². The number of carbonyl (C=O) groups is 5. The molecule has 1 aliphatic heterocycles. The fraction of sp³-hybridized carbons (Fsp3) is 0.706. The predicted molar refractivity (Wildman–Crippen MR) is 95.1 cm³/mol. The Morgan fingerprint density at radius 1 is 1.18 bits per heavy atom. The molecular formula is C17H26N4O7. The van der Waals surface area contributed by atoms with Crippen LogP contribution < -0.4 is 16.0 Å². The Hall–Kier alpha value is -2.69. The smallest absolute Gasteiger partial charge is 0.325 e. The summed E-state index contributed by atoms with van der Waals surface area (Å²) in [6, 6.07) is -1.24. The SMILES string of the molecule is COCCNC(=O)NC(=O)COC(=O)CCN1C(=O)NC2(CCCCC2)C1=O. The number of carbonyl (C=O) groups excluding carboxylic acids is 5. The van der Waals surface area contributed by atoms with Crippen LogP contribution in [0.4, 0.5) is 9.59 Å². The lowest BCUT2D eigenvalue weighted by Gasteiger charge is -2.30. The number of urea groups is 2. The highest BCUT2D eigenvalue weighted by Crippen LogP contribution is 2.33. The van der Waals surface area contributed by atoms with Crippen LogP contribution >= 0.6 is 0 Å². The zero-order valence-electron chi connectivity index (χ0n) is 15.9. The molecule has 2 rings (SSSR count). The maximum Gasteiger partial charge on any atom is 0.325 e. The van der Waals surface area contributed by atoms with E-state index in [9.17, 15) is 24.0 Å². The normalized spacial score (nSPS) is 18.0. The van der Waals surface area contributed by atoms with E-state index in [0.29, 0.717) is 19.4 Å². The van der Waals surface area contributed by atoms with Crippen molar-refractivity contribution >= 4 is 29.8 Å². The highest BCUT2D eigenvalue weighted by Gasteiger charge is 2.51. The number of amides is 6. The first-order chi connectivity index (χ1) is 13.4. The summed E-state index contributed by atoms with van der Waals surface area (Å²) in [4.78, 5) is 60.4. The molecule has 3 N–H and O–H groups in total. The molecule has 0 bridgehead atoms. The Morgan fingerprint density at radius 2 is 1.89 bits per heavy atom. The van der Waals surface area contributed by atoms with Gasteiger partial charge in [0.05, 0.1) is 13.0 Å². The van der Waals surface area contributed by atoms with Crippen LogP contribution in [0.5, 0.6) is 0 Å². The summed E-state index contributed by atoms with van der Waals surface area (Å²) < 4.78 is 9.52. The summed E-state index contributed by atoms with van der Waals surface area (Å²) in [5, 5.41) is 7.12. The average Bonchev–Trinajstić information content (AvgIpc) is 2.88. The molecule has 1 spiro atoms. The average molecular weight is 398 g/mol. The van der Waals surface area contributed by atoms with Gasteiger partial charge in [-0.3, -0.25) is 24.6 Å². The molecule has 0 aromatic heterocycles. The van der Waals surface area contributed by atoms with E-state index in [2.05, 4.69) is 10.6 Å². The molecule has 1 heterocycles. The van der Waals surface area contributed by atoms with Gasteiger partial charge in [0.25, 0.3) is 11.8 Å². The minimum absolute atomic E-state index is 0.121. The molecule has 1 saturated heterocycles. The second-order valence-corrected chi connectivity index (χ2v) is 6.74. The maximum absolute atomic E-state index is 12.6. The van der Waals surface area contributed by atoms with Crippen molar-refractivity contribution in [2.45, 2.75) is 44.1 Å². The lowest BCUT2D eigenvalue weighted by Crippen LogP contribution is -2.48. The monoisotopic (exact) mass is 398 g/mol. The molecule has 0 aromatic rings. The van der Waals surface area contributed by atoms with Crippen LogP contribution in [0, 0.1) is 0 Å². The van der Waals surface area contributed by atoms with Gasteiger partial charge in [-0.25, -0.2) is 9.59 Å². The van der Waals surface area contributed by atoms with Crippen molar-refractivity contribution in [2.75, 3.05) is 33.4 Å². The van der Waals surface area contributed by atoms with Crippen molar-refractivity contribution in [1.29, 1.82) is 0 Å². The van der Waals surface area contributed by atoms with Gasteiger partial charge in [0, 0.05) is 20.2 Å². The number of hydrogen-bond acceptors (Lipinski definition) is 7. The third kappa shape index (κ3) is 5.65. The van der Waals surface area contributed by atoms with E-state index in [0.717, 1.165) is 24.2 Å². The van der Waals surface area contributed by atoms with E-state index in [-0.39, 0.29) is 25.4 Å². The van der Waals surface area contributed by atoms with Crippen LogP contribution in [0.2, 0.25) is 0 Å². The first kappa shape index (κ1) is 21.6. The molecule has 28 heavy (non-hydrogen) atoms. The number of imide groups is 2. The summed E-state index contributed by atoms with van der Waals surface area (Å²) in [5.41, 5.74) is -0.838. The fourth-order valence-corrected chi connectivity index (χ4v) is 3.27. The predicted octanol–water partition coefficient (Wildman–Crippen LogP) is -0.353. The molecule has 0 atom stereocenters. The second-order valence-electron chi connectivity index (χ2n) is 6.74. The molecular weight excluding hydrogens is 372 g/mol. The first-order valence-corrected chi connectivity index (χ1v) is 9.24. The lowest BCUT2D eigenvalue weighted by molar-refractivity contribution is -0.148. The summed E-state index contributed by atoms with van der Waals surface area (Å²) in [6.07, 6.45) is 3.74. The van der Waals surface area contributed by atoms with Gasteiger partial charge >= 0.3 is 18.0 Å². The summed E-state index contributed by atoms with van der Waals surface area (Å²) in [5.74, 6) is -1.85. The molecule has 156 valence electrons. The van der Waals surface area contributed by atoms with E-state index < -0.39 is 36.1 Å². The van der Waals surface area contributed by atoms with Gasteiger partial charge in [-0.1, -0.05) is 19.3 Å². The number of ether oxygens (including phenoxy) is 2. The number of nitrogens with zero attached hydrogens (tertiary/aromatic N) is 1. The van der Waals surface area contributed by atoms with Crippen LogP contribution in [-0.4, -0.2) is 73.7 Å². The van der Waals surface area contributed by atoms with Gasteiger partial charge in [0.2, 0.25) is 0 Å². The van der Waals surface area contributed by atoms with E-state index in [4.69, 9.17) is 9.47 Å². The number of esters is 1. The molecule has 11 nitrogen and oxygen atoms in total. The van der Waals surface area contributed by atoms with E-state index >= 15 is 0 Å². The van der Waals surface area contributed by atoms with Crippen molar-refractivity contribution < 1.29 is 33.4 Å². The van der Waals surface area contributed by atoms with E-state index in [1.54, 1.807) is 0 Å². The number of methoxy groups -OCH3 is 1. The number of hydrogen-bond donors (Lipinski definition) is 3. The standard InChI is InChI=1S/C17H26N4O7/c1-27-10-8-18-15(25)19-12(22)11-28-13(23)5-9-21-14(24)17(20-16(21)26)6-3-2-4-7-17/h2-11H2,1H3,(H,20,26)(H2,18,19,22,25). The van der Waals surface area contributed by atoms with Gasteiger partial charge in [0.15, 0.2) is 6.61 Å². The Bertz CT molecular complexity index is 631. The zero-order valence-corrected chi connectivity index (χ0v) is 15.9. The minimum Gasteiger partial charge on any atom is -0.456 e. The molecule has 11 heteroatoms. The topological polar surface area (TPSA) is 143 Å². The van der Waals surface area contributed by atoms with Crippen LogP contribution in [0.25, 0.3) is 0 Å². The number of rotatable bonds is 8. The third-order valence-corrected chi connectivity index (χ3v) is 4.70. The second kappa shape index (κ2) is 10.0. The largest absolute Gasteiger partial charge is 0.456 e. The van der Waals surface area contributed by atoms with Crippen molar-refractivity contribution in [2.24, 2.45) is 0 Å². The molecule has 0 aromatic carbocycles. The Morgan fingerprint density at radius 3 is 2.57 bits per heavy atom. The lowest BCUT2D eigenvalue weighted by atomic mass is 9.82. The van der Waals surface area contributed by atoms with Crippen LogP contribution in [0.3, 0.4) is 0 Å². The summed E-state index contributed by atoms with van der Waals surface area (Å²) in [7, 11) is 1.47. The first-order valence-electron chi connectivity index (χ1n) is 9.24. The third-order valence-electron chi connectivity index (χ3n) is 4.70. The van der Waals surface area contributed by atoms with Gasteiger partial charge in [-0.2, -0.15) is 0 Å². The van der Waals surface area contributed by atoms with E-state index in [1.807, 2.05) is 5.32 Å². The van der Waals surface area contributed by atoms with Gasteiger partial charge in [0.1, 0.15) is 5.54 Å². The fourth-order valence-electron chi connectivity index (χ4n) is 3.27. The molecule has 1 saturated carbocycles. The van der Waals surface area contributed by atoms with Crippen LogP contribution in [-0.2, 0) is 23.9 Å². The van der Waals surface area contributed by atoms with Gasteiger partial charge < -0.3 is 20.1 Å². The zero-order chi connectivity index (χ0) is 20.6. The minimum atomic E-state index is -0.838. The molecule has 1 aliphatic carbocycles. The molecule has 2 fully saturated rings. The van der Waals surface area contributed by atoms with Gasteiger partial charge in [-0.15, -0.1) is 0 Å². The van der Waals surface area contributed by atoms with Crippen molar-refractivity contribution in [3.63, 3.8) is 0 Å². The molecule has 2 aliphatic rings. The van der Waals surface area contributed by atoms with Crippen molar-refractivity contribution in [1.82, 2.24) is 20.9 Å². The summed E-state index contributed by atoms with van der Waals surface area (Å²) in [6.45, 7) is -0.242. The van der Waals surface area contributed by atoms with E-state index in [1.165, 1.54) is 7.11 Å². The molecule has 0 unspecified atom stereocenters. The highest BCUT2D eigenvalue weighted by atomic mass is 16.5. The maximum atomic E-state index is 12.6. The van der Waals surface area contributed by atoms with Crippen LogP contribution in [0.15, 0.2) is 0 Å². The van der Waals surface area contributed by atoms with Crippen molar-refractivity contribution in [3.05, 3.63) is 0 Å². The molecule has 6 amide bonds. The highest BCUT2D eigenvalue weighted by molar-refractivity contribution is 6.07. The Kier molecular flexibility index (Phi) is 7.73. The van der Waals surface area contributed by atoms with Crippen LogP contribution in [0.1, 0.15) is 38.5 Å². The Balaban J connectivity index is 1.69. The summed E-state index contributed by atoms with van der Waals surface area (Å²) >= 11 is 0. The van der Waals surface area contributed by atoms with Gasteiger partial charge in [-0.05, 0) is 12.8 Å². The Labute approximate surface area is 162 Å². The quantitative estimate of drug-likeness (QED) is 0.288.